The van der Waals surface area contributed by atoms with E-state index in [0.717, 1.165) is 0 Å². The molecule has 0 aromatic heterocycles. The maximum absolute atomic E-state index is 2.45. The second-order valence-electron chi connectivity index (χ2n) is 18.0. The summed E-state index contributed by atoms with van der Waals surface area (Å²) in [5.41, 5.74) is 15.4. The molecule has 0 unspecified atom stereocenters. The number of rotatable bonds is 4. The summed E-state index contributed by atoms with van der Waals surface area (Å²) in [6.07, 6.45) is 0. The predicted octanol–water partition coefficient (Wildman–Crippen LogP) is 17.6. The van der Waals surface area contributed by atoms with Gasteiger partial charge in [-0.25, -0.2) is 0 Å². The molecule has 0 spiro atoms. The van der Waals surface area contributed by atoms with Crippen LogP contribution in [0.25, 0.3) is 120 Å². The molecule has 0 heteroatoms. The van der Waals surface area contributed by atoms with E-state index >= 15 is 0 Å². The van der Waals surface area contributed by atoms with Crippen molar-refractivity contribution < 1.29 is 0 Å². The van der Waals surface area contributed by atoms with Gasteiger partial charge in [-0.1, -0.05) is 208 Å². The predicted molar refractivity (Wildman–Crippen MR) is 271 cm³/mol. The highest BCUT2D eigenvalue weighted by Crippen LogP contribution is 2.55. The average molecular weight is 799 g/mol. The van der Waals surface area contributed by atoms with E-state index in [0.29, 0.717) is 0 Å². The zero-order valence-electron chi connectivity index (χ0n) is 35.3. The van der Waals surface area contributed by atoms with E-state index < -0.39 is 0 Å². The second kappa shape index (κ2) is 13.6. The molecule has 0 aliphatic heterocycles. The van der Waals surface area contributed by atoms with Crippen molar-refractivity contribution in [1.29, 1.82) is 0 Å². The van der Waals surface area contributed by atoms with Crippen LogP contribution in [0.4, 0.5) is 0 Å². The number of fused-ring (bicyclic) bond motifs is 12. The van der Waals surface area contributed by atoms with Crippen LogP contribution < -0.4 is 0 Å². The van der Waals surface area contributed by atoms with E-state index in [9.17, 15) is 0 Å². The Balaban J connectivity index is 0.974. The minimum absolute atomic E-state index is 0.113. The van der Waals surface area contributed by atoms with Crippen LogP contribution in [-0.2, 0) is 5.41 Å². The highest BCUT2D eigenvalue weighted by atomic mass is 14.4. The molecule has 0 saturated heterocycles. The standard InChI is InChI=1S/C63H42/c1-63(2)58-34-32-46(38-57(58)61-51-19-9-7-17-49(51)50-18-8-12-22-55(50)62(61)63)42-25-23-41(24-26-42)45-31-33-54-56(37-45)60(48-30-28-40-14-4-6-16-44(40)36-48)53-21-11-10-20-52(53)59(54)47-29-27-39-13-3-5-15-43(39)35-47/h3-38H,1-2H3. The van der Waals surface area contributed by atoms with E-state index in [-0.39, 0.29) is 5.41 Å². The fourth-order valence-electron chi connectivity index (χ4n) is 11.2. The third-order valence-electron chi connectivity index (χ3n) is 14.2. The van der Waals surface area contributed by atoms with Crippen LogP contribution in [0.1, 0.15) is 25.0 Å². The number of hydrogen-bond acceptors (Lipinski definition) is 0. The monoisotopic (exact) mass is 798 g/mol. The van der Waals surface area contributed by atoms with E-state index in [2.05, 4.69) is 232 Å². The fourth-order valence-corrected chi connectivity index (χ4v) is 11.2. The van der Waals surface area contributed by atoms with E-state index in [4.69, 9.17) is 0 Å². The topological polar surface area (TPSA) is 0 Å². The molecule has 0 nitrogen and oxygen atoms in total. The molecule has 63 heavy (non-hydrogen) atoms. The Morgan fingerprint density at radius 1 is 0.254 bits per heavy atom. The van der Waals surface area contributed by atoms with Crippen LogP contribution in [0.3, 0.4) is 0 Å². The Morgan fingerprint density at radius 3 is 1.24 bits per heavy atom. The van der Waals surface area contributed by atoms with Crippen LogP contribution >= 0.6 is 0 Å². The lowest BCUT2D eigenvalue weighted by atomic mass is 9.79. The Hall–Kier alpha value is -7.80. The van der Waals surface area contributed by atoms with Gasteiger partial charge in [0.1, 0.15) is 0 Å². The molecule has 294 valence electrons. The van der Waals surface area contributed by atoms with Crippen LogP contribution in [-0.4, -0.2) is 0 Å². The average Bonchev–Trinajstić information content (AvgIpc) is 3.58. The van der Waals surface area contributed by atoms with Crippen molar-refractivity contribution in [2.45, 2.75) is 19.3 Å². The molecule has 1 aliphatic carbocycles. The van der Waals surface area contributed by atoms with Crippen LogP contribution in [0, 0.1) is 0 Å². The third kappa shape index (κ3) is 5.41. The summed E-state index contributed by atoms with van der Waals surface area (Å²) >= 11 is 0. The van der Waals surface area contributed by atoms with Crippen molar-refractivity contribution in [2.24, 2.45) is 0 Å². The van der Waals surface area contributed by atoms with Gasteiger partial charge in [-0.05, 0) is 156 Å². The van der Waals surface area contributed by atoms with Gasteiger partial charge in [0.25, 0.3) is 0 Å². The van der Waals surface area contributed by atoms with Gasteiger partial charge in [0.05, 0.1) is 0 Å². The van der Waals surface area contributed by atoms with Crippen molar-refractivity contribution in [3.05, 3.63) is 230 Å². The molecule has 12 aromatic rings. The van der Waals surface area contributed by atoms with Gasteiger partial charge in [0.15, 0.2) is 0 Å². The van der Waals surface area contributed by atoms with E-state index in [1.165, 1.54) is 131 Å². The quantitative estimate of drug-likeness (QED) is 0.123. The molecular formula is C63H42. The number of benzene rings is 12. The molecule has 0 saturated carbocycles. The summed E-state index contributed by atoms with van der Waals surface area (Å²) < 4.78 is 0. The van der Waals surface area contributed by atoms with Gasteiger partial charge in [-0.15, -0.1) is 0 Å². The van der Waals surface area contributed by atoms with Gasteiger partial charge in [-0.2, -0.15) is 0 Å². The molecule has 0 atom stereocenters. The van der Waals surface area contributed by atoms with Crippen molar-refractivity contribution in [3.63, 3.8) is 0 Å². The SMILES string of the molecule is CC1(C)c2ccc(-c3ccc(-c4ccc5c(-c6ccc7ccccc7c6)c6ccccc6c(-c6ccc7ccccc7c6)c5c4)cc3)cc2-c2c1c1ccccc1c1ccccc21. The molecule has 0 amide bonds. The maximum Gasteiger partial charge on any atom is 0.0165 e. The Labute approximate surface area is 367 Å². The van der Waals surface area contributed by atoms with Crippen molar-refractivity contribution in [1.82, 2.24) is 0 Å². The largest absolute Gasteiger partial charge is 0.0616 e. The van der Waals surface area contributed by atoms with E-state index in [1.807, 2.05) is 0 Å². The minimum Gasteiger partial charge on any atom is -0.0616 e. The van der Waals surface area contributed by atoms with Gasteiger partial charge in [-0.3, -0.25) is 0 Å². The zero-order valence-corrected chi connectivity index (χ0v) is 35.3. The summed E-state index contributed by atoms with van der Waals surface area (Å²) in [5, 5.41) is 15.4. The lowest BCUT2D eigenvalue weighted by Crippen LogP contribution is -2.15. The Bertz CT molecular complexity index is 3860. The van der Waals surface area contributed by atoms with Crippen LogP contribution in [0.5, 0.6) is 0 Å². The molecule has 0 N–H and O–H groups in total. The fraction of sp³-hybridized carbons (Fsp3) is 0.0476. The molecule has 12 aromatic carbocycles. The Morgan fingerprint density at radius 2 is 0.651 bits per heavy atom. The molecule has 0 heterocycles. The first-order chi connectivity index (χ1) is 31.0. The molecule has 1 aliphatic rings. The highest BCUT2D eigenvalue weighted by molar-refractivity contribution is 6.23. The summed E-state index contributed by atoms with van der Waals surface area (Å²) in [4.78, 5) is 0. The second-order valence-corrected chi connectivity index (χ2v) is 18.0. The first-order valence-electron chi connectivity index (χ1n) is 22.2. The molecule has 0 fully saturated rings. The minimum atomic E-state index is -0.113. The maximum atomic E-state index is 2.45. The molecular weight excluding hydrogens is 757 g/mol. The highest BCUT2D eigenvalue weighted by Gasteiger charge is 2.38. The van der Waals surface area contributed by atoms with Crippen LogP contribution in [0.2, 0.25) is 0 Å². The summed E-state index contributed by atoms with van der Waals surface area (Å²) in [7, 11) is 0. The summed E-state index contributed by atoms with van der Waals surface area (Å²) in [5.74, 6) is 0. The zero-order chi connectivity index (χ0) is 41.8. The van der Waals surface area contributed by atoms with Crippen molar-refractivity contribution in [3.8, 4) is 55.6 Å². The lowest BCUT2D eigenvalue weighted by Gasteiger charge is -2.24. The first-order valence-corrected chi connectivity index (χ1v) is 22.2. The Kier molecular flexibility index (Phi) is 7.75. The smallest absolute Gasteiger partial charge is 0.0165 e. The summed E-state index contributed by atoms with van der Waals surface area (Å²) in [6, 6.07) is 81.7. The van der Waals surface area contributed by atoms with Gasteiger partial charge in [0, 0.05) is 5.41 Å². The first kappa shape index (κ1) is 35.9. The normalized spacial score (nSPS) is 13.0. The molecule has 0 radical (unpaired) electrons. The van der Waals surface area contributed by atoms with Gasteiger partial charge >= 0.3 is 0 Å². The summed E-state index contributed by atoms with van der Waals surface area (Å²) in [6.45, 7) is 4.80. The molecule has 0 bridgehead atoms. The van der Waals surface area contributed by atoms with E-state index in [1.54, 1.807) is 0 Å². The van der Waals surface area contributed by atoms with Crippen molar-refractivity contribution >= 4 is 64.6 Å². The van der Waals surface area contributed by atoms with Gasteiger partial charge in [0.2, 0.25) is 0 Å². The van der Waals surface area contributed by atoms with Gasteiger partial charge < -0.3 is 0 Å². The van der Waals surface area contributed by atoms with Crippen LogP contribution in [0.15, 0.2) is 218 Å². The lowest BCUT2D eigenvalue weighted by molar-refractivity contribution is 0.666. The van der Waals surface area contributed by atoms with Crippen molar-refractivity contribution in [2.75, 3.05) is 0 Å². The molecule has 13 rings (SSSR count). The number of hydrogen-bond donors (Lipinski definition) is 0. The third-order valence-corrected chi connectivity index (χ3v) is 14.2.